The first kappa shape index (κ1) is 12.9. The molecule has 0 aliphatic heterocycles. The van der Waals surface area contributed by atoms with Gasteiger partial charge in [0.05, 0.1) is 5.69 Å². The van der Waals surface area contributed by atoms with E-state index >= 15 is 0 Å². The fourth-order valence-electron chi connectivity index (χ4n) is 1.91. The predicted molar refractivity (Wildman–Crippen MR) is 64.1 cm³/mol. The van der Waals surface area contributed by atoms with E-state index in [1.807, 2.05) is 20.0 Å². The van der Waals surface area contributed by atoms with Crippen LogP contribution in [-0.4, -0.2) is 22.1 Å². The molecule has 4 nitrogen and oxygen atoms in total. The summed E-state index contributed by atoms with van der Waals surface area (Å²) >= 11 is 0. The first-order valence-electron chi connectivity index (χ1n) is 5.80. The van der Waals surface area contributed by atoms with Crippen LogP contribution in [0.5, 0.6) is 0 Å². The van der Waals surface area contributed by atoms with Crippen molar-refractivity contribution in [3.05, 3.63) is 17.5 Å². The largest absolute Gasteiger partial charge is 0.330 e. The summed E-state index contributed by atoms with van der Waals surface area (Å²) in [7, 11) is 1.87. The van der Waals surface area contributed by atoms with E-state index in [-0.39, 0.29) is 11.7 Å². The highest BCUT2D eigenvalue weighted by Gasteiger charge is 2.17. The van der Waals surface area contributed by atoms with E-state index in [2.05, 4.69) is 12.0 Å². The summed E-state index contributed by atoms with van der Waals surface area (Å²) in [6.45, 7) is 4.45. The van der Waals surface area contributed by atoms with Crippen LogP contribution >= 0.6 is 0 Å². The molecule has 0 bridgehead atoms. The number of aryl methyl sites for hydroxylation is 2. The van der Waals surface area contributed by atoms with Crippen molar-refractivity contribution >= 4 is 5.78 Å². The van der Waals surface area contributed by atoms with Crippen molar-refractivity contribution in [2.75, 3.05) is 6.54 Å². The molecule has 0 amide bonds. The van der Waals surface area contributed by atoms with Crippen LogP contribution in [0.25, 0.3) is 0 Å². The molecule has 1 heterocycles. The number of carbonyl (C=O) groups excluding carboxylic acids is 1. The van der Waals surface area contributed by atoms with Crippen LogP contribution in [0, 0.1) is 12.8 Å². The minimum Gasteiger partial charge on any atom is -0.330 e. The highest BCUT2D eigenvalue weighted by molar-refractivity contribution is 5.83. The number of carbonyl (C=O) groups is 1. The summed E-state index contributed by atoms with van der Waals surface area (Å²) in [6.07, 6.45) is 2.32. The summed E-state index contributed by atoms with van der Waals surface area (Å²) in [5.74, 6) is 0.229. The molecule has 0 spiro atoms. The molecule has 0 saturated heterocycles. The van der Waals surface area contributed by atoms with Gasteiger partial charge in [-0.3, -0.25) is 9.48 Å². The van der Waals surface area contributed by atoms with E-state index in [1.165, 1.54) is 0 Å². The number of aromatic nitrogens is 2. The van der Waals surface area contributed by atoms with Crippen molar-refractivity contribution < 1.29 is 4.79 Å². The molecule has 90 valence electrons. The highest BCUT2D eigenvalue weighted by Crippen LogP contribution is 2.11. The molecular formula is C12H21N3O. The average molecular weight is 223 g/mol. The number of hydrogen-bond acceptors (Lipinski definition) is 3. The molecule has 1 rings (SSSR count). The van der Waals surface area contributed by atoms with E-state index in [9.17, 15) is 4.79 Å². The molecule has 1 aromatic rings. The second kappa shape index (κ2) is 5.80. The maximum atomic E-state index is 12.0. The summed E-state index contributed by atoms with van der Waals surface area (Å²) in [5, 5.41) is 4.23. The van der Waals surface area contributed by atoms with E-state index in [4.69, 9.17) is 5.73 Å². The van der Waals surface area contributed by atoms with E-state index in [0.29, 0.717) is 13.0 Å². The lowest BCUT2D eigenvalue weighted by Crippen LogP contribution is -2.25. The van der Waals surface area contributed by atoms with Crippen LogP contribution in [0.4, 0.5) is 0 Å². The second-order valence-electron chi connectivity index (χ2n) is 4.27. The minimum absolute atomic E-state index is 0.000191. The van der Waals surface area contributed by atoms with E-state index < -0.39 is 0 Å². The van der Waals surface area contributed by atoms with Gasteiger partial charge >= 0.3 is 0 Å². The molecule has 1 aromatic heterocycles. The fraction of sp³-hybridized carbons (Fsp3) is 0.667. The number of nitrogens with zero attached hydrogens (tertiary/aromatic N) is 2. The molecule has 0 radical (unpaired) electrons. The van der Waals surface area contributed by atoms with Gasteiger partial charge in [0.2, 0.25) is 0 Å². The van der Waals surface area contributed by atoms with Crippen LogP contribution in [0.15, 0.2) is 6.07 Å². The van der Waals surface area contributed by atoms with Gasteiger partial charge in [-0.2, -0.15) is 5.10 Å². The molecular weight excluding hydrogens is 202 g/mol. The average Bonchev–Trinajstić information content (AvgIpc) is 2.53. The van der Waals surface area contributed by atoms with Crippen molar-refractivity contribution in [3.63, 3.8) is 0 Å². The Labute approximate surface area is 96.8 Å². The van der Waals surface area contributed by atoms with Crippen LogP contribution in [0.2, 0.25) is 0 Å². The summed E-state index contributed by atoms with van der Waals surface area (Å²) in [5.41, 5.74) is 7.53. The highest BCUT2D eigenvalue weighted by atomic mass is 16.1. The van der Waals surface area contributed by atoms with Crippen molar-refractivity contribution in [2.45, 2.75) is 33.1 Å². The molecule has 4 heteroatoms. The van der Waals surface area contributed by atoms with Gasteiger partial charge in [-0.15, -0.1) is 0 Å². The Hall–Kier alpha value is -1.16. The SMILES string of the molecule is CCCC(CN)C(=O)Cc1cc(C)nn1C. The number of Topliss-reactive ketones (excluding diaryl/α,β-unsaturated/α-hetero) is 1. The molecule has 2 N–H and O–H groups in total. The number of rotatable bonds is 6. The monoisotopic (exact) mass is 223 g/mol. The van der Waals surface area contributed by atoms with Crippen LogP contribution in [-0.2, 0) is 18.3 Å². The third-order valence-corrected chi connectivity index (χ3v) is 2.83. The van der Waals surface area contributed by atoms with Gasteiger partial charge in [0.1, 0.15) is 5.78 Å². The fourth-order valence-corrected chi connectivity index (χ4v) is 1.91. The van der Waals surface area contributed by atoms with Crippen molar-refractivity contribution in [3.8, 4) is 0 Å². The van der Waals surface area contributed by atoms with E-state index in [0.717, 1.165) is 24.2 Å². The van der Waals surface area contributed by atoms with Gasteiger partial charge in [0, 0.05) is 31.6 Å². The Bertz CT molecular complexity index is 357. The molecule has 1 unspecified atom stereocenters. The number of nitrogens with two attached hydrogens (primary N) is 1. The zero-order valence-electron chi connectivity index (χ0n) is 10.4. The molecule has 0 aliphatic rings. The first-order chi connectivity index (χ1) is 7.58. The van der Waals surface area contributed by atoms with E-state index in [1.54, 1.807) is 4.68 Å². The van der Waals surface area contributed by atoms with Crippen molar-refractivity contribution in [1.82, 2.24) is 9.78 Å². The molecule has 0 fully saturated rings. The maximum absolute atomic E-state index is 12.0. The van der Waals surface area contributed by atoms with Gasteiger partial charge in [-0.1, -0.05) is 13.3 Å². The Morgan fingerprint density at radius 3 is 2.75 bits per heavy atom. The zero-order valence-corrected chi connectivity index (χ0v) is 10.4. The topological polar surface area (TPSA) is 60.9 Å². The molecule has 16 heavy (non-hydrogen) atoms. The van der Waals surface area contributed by atoms with Gasteiger partial charge in [-0.25, -0.2) is 0 Å². The Morgan fingerprint density at radius 2 is 2.31 bits per heavy atom. The van der Waals surface area contributed by atoms with Gasteiger partial charge in [0.15, 0.2) is 0 Å². The molecule has 0 saturated carbocycles. The first-order valence-corrected chi connectivity index (χ1v) is 5.80. The van der Waals surface area contributed by atoms with Crippen LogP contribution < -0.4 is 5.73 Å². The summed E-state index contributed by atoms with van der Waals surface area (Å²) in [6, 6.07) is 1.96. The van der Waals surface area contributed by atoms with Crippen molar-refractivity contribution in [2.24, 2.45) is 18.7 Å². The summed E-state index contributed by atoms with van der Waals surface area (Å²) in [4.78, 5) is 12.0. The van der Waals surface area contributed by atoms with Crippen molar-refractivity contribution in [1.29, 1.82) is 0 Å². The normalized spacial score (nSPS) is 12.8. The lowest BCUT2D eigenvalue weighted by Gasteiger charge is -2.12. The smallest absolute Gasteiger partial charge is 0.143 e. The predicted octanol–water partition coefficient (Wildman–Crippen LogP) is 1.22. The van der Waals surface area contributed by atoms with Gasteiger partial charge in [-0.05, 0) is 19.4 Å². The lowest BCUT2D eigenvalue weighted by molar-refractivity contribution is -0.122. The second-order valence-corrected chi connectivity index (χ2v) is 4.27. The zero-order chi connectivity index (χ0) is 12.1. The minimum atomic E-state index is 0.000191. The standard InChI is InChI=1S/C12H21N3O/c1-4-5-10(8-13)12(16)7-11-6-9(2)14-15(11)3/h6,10H,4-5,7-8,13H2,1-3H3. The Morgan fingerprint density at radius 1 is 1.62 bits per heavy atom. The maximum Gasteiger partial charge on any atom is 0.143 e. The quantitative estimate of drug-likeness (QED) is 0.788. The van der Waals surface area contributed by atoms with Gasteiger partial charge < -0.3 is 5.73 Å². The number of hydrogen-bond donors (Lipinski definition) is 1. The third-order valence-electron chi connectivity index (χ3n) is 2.83. The Kier molecular flexibility index (Phi) is 4.68. The molecule has 0 aromatic carbocycles. The van der Waals surface area contributed by atoms with Crippen LogP contribution in [0.1, 0.15) is 31.2 Å². The molecule has 1 atom stereocenters. The number of ketones is 1. The third kappa shape index (κ3) is 3.17. The Balaban J connectivity index is 2.66. The van der Waals surface area contributed by atoms with Gasteiger partial charge in [0.25, 0.3) is 0 Å². The molecule has 0 aliphatic carbocycles. The lowest BCUT2D eigenvalue weighted by atomic mass is 9.95. The van der Waals surface area contributed by atoms with Crippen LogP contribution in [0.3, 0.4) is 0 Å². The summed E-state index contributed by atoms with van der Waals surface area (Å²) < 4.78 is 1.77.